The number of carboxylic acid groups (broad SMARTS) is 1. The second kappa shape index (κ2) is 16.0. The second-order valence-corrected chi connectivity index (χ2v) is 5.41. The van der Waals surface area contributed by atoms with E-state index in [1.54, 1.807) is 6.08 Å². The molecule has 0 aromatic heterocycles. The van der Waals surface area contributed by atoms with Crippen molar-refractivity contribution in [3.63, 3.8) is 0 Å². The standard InChI is InChI=1S/C19H32O3/c1-3-4-5-6-7-8-9-10-11-12-13-14-15-16-18(22-2)17-19(20)21/h4-5,13-16,18H,3,6-12,17H2,1-2H3,(H,20,21)/b5-4?,14-13?,16-15+/t18-/m0/s1. The van der Waals surface area contributed by atoms with Gasteiger partial charge in [0, 0.05) is 7.11 Å². The van der Waals surface area contributed by atoms with Crippen LogP contribution in [-0.4, -0.2) is 24.3 Å². The van der Waals surface area contributed by atoms with Crippen molar-refractivity contribution in [3.8, 4) is 0 Å². The van der Waals surface area contributed by atoms with E-state index in [0.717, 1.165) is 12.8 Å². The van der Waals surface area contributed by atoms with Crippen LogP contribution in [0.5, 0.6) is 0 Å². The molecule has 3 heteroatoms. The van der Waals surface area contributed by atoms with Gasteiger partial charge in [-0.15, -0.1) is 0 Å². The Labute approximate surface area is 135 Å². The second-order valence-electron chi connectivity index (χ2n) is 5.41. The van der Waals surface area contributed by atoms with Gasteiger partial charge in [-0.1, -0.05) is 62.6 Å². The average molecular weight is 308 g/mol. The molecule has 0 fully saturated rings. The van der Waals surface area contributed by atoms with Crippen molar-refractivity contribution in [3.05, 3.63) is 36.5 Å². The van der Waals surface area contributed by atoms with Gasteiger partial charge in [0.1, 0.15) is 0 Å². The highest BCUT2D eigenvalue weighted by Gasteiger charge is 2.06. The number of aliphatic carboxylic acids is 1. The van der Waals surface area contributed by atoms with Gasteiger partial charge in [0.2, 0.25) is 0 Å². The van der Waals surface area contributed by atoms with E-state index in [1.165, 1.54) is 45.6 Å². The summed E-state index contributed by atoms with van der Waals surface area (Å²) in [7, 11) is 1.53. The fourth-order valence-electron chi connectivity index (χ4n) is 2.10. The highest BCUT2D eigenvalue weighted by Crippen LogP contribution is 2.08. The summed E-state index contributed by atoms with van der Waals surface area (Å²) < 4.78 is 5.06. The molecule has 0 heterocycles. The van der Waals surface area contributed by atoms with Gasteiger partial charge in [0.05, 0.1) is 12.5 Å². The topological polar surface area (TPSA) is 46.5 Å². The van der Waals surface area contributed by atoms with Crippen molar-refractivity contribution < 1.29 is 14.6 Å². The summed E-state index contributed by atoms with van der Waals surface area (Å²) in [6.45, 7) is 2.17. The Morgan fingerprint density at radius 1 is 1.00 bits per heavy atom. The highest BCUT2D eigenvalue weighted by molar-refractivity contribution is 5.67. The molecule has 22 heavy (non-hydrogen) atoms. The van der Waals surface area contributed by atoms with Gasteiger partial charge < -0.3 is 9.84 Å². The van der Waals surface area contributed by atoms with E-state index in [0.29, 0.717) is 0 Å². The van der Waals surface area contributed by atoms with Crippen molar-refractivity contribution in [2.45, 2.75) is 70.8 Å². The average Bonchev–Trinajstić information content (AvgIpc) is 2.50. The molecule has 0 radical (unpaired) electrons. The fraction of sp³-hybridized carbons (Fsp3) is 0.632. The fourth-order valence-corrected chi connectivity index (χ4v) is 2.10. The molecule has 1 N–H and O–H groups in total. The third-order valence-electron chi connectivity index (χ3n) is 3.40. The van der Waals surface area contributed by atoms with E-state index >= 15 is 0 Å². The number of rotatable bonds is 14. The lowest BCUT2D eigenvalue weighted by Gasteiger charge is -2.05. The summed E-state index contributed by atoms with van der Waals surface area (Å²) in [6.07, 6.45) is 21.8. The van der Waals surface area contributed by atoms with Crippen LogP contribution in [-0.2, 0) is 9.53 Å². The van der Waals surface area contributed by atoms with Gasteiger partial charge in [-0.25, -0.2) is 0 Å². The Morgan fingerprint density at radius 2 is 1.64 bits per heavy atom. The van der Waals surface area contributed by atoms with Crippen molar-refractivity contribution >= 4 is 5.97 Å². The van der Waals surface area contributed by atoms with E-state index in [2.05, 4.69) is 25.2 Å². The number of unbranched alkanes of at least 4 members (excludes halogenated alkanes) is 6. The van der Waals surface area contributed by atoms with Gasteiger partial charge in [0.25, 0.3) is 0 Å². The number of carbonyl (C=O) groups is 1. The van der Waals surface area contributed by atoms with Gasteiger partial charge in [-0.2, -0.15) is 0 Å². The van der Waals surface area contributed by atoms with Crippen LogP contribution in [0.4, 0.5) is 0 Å². The highest BCUT2D eigenvalue weighted by atomic mass is 16.5. The number of carboxylic acids is 1. The van der Waals surface area contributed by atoms with Crippen molar-refractivity contribution in [1.82, 2.24) is 0 Å². The van der Waals surface area contributed by atoms with Crippen LogP contribution in [0.3, 0.4) is 0 Å². The Hall–Kier alpha value is -1.35. The molecule has 3 nitrogen and oxygen atoms in total. The molecule has 0 aromatic carbocycles. The molecule has 0 saturated carbocycles. The van der Waals surface area contributed by atoms with Crippen LogP contribution in [0.1, 0.15) is 64.7 Å². The van der Waals surface area contributed by atoms with Crippen molar-refractivity contribution in [1.29, 1.82) is 0 Å². The first-order chi connectivity index (χ1) is 10.7. The molecule has 1 atom stereocenters. The largest absolute Gasteiger partial charge is 0.481 e. The minimum atomic E-state index is -0.842. The predicted molar refractivity (Wildman–Crippen MR) is 93.1 cm³/mol. The smallest absolute Gasteiger partial charge is 0.306 e. The Bertz CT molecular complexity index is 343. The summed E-state index contributed by atoms with van der Waals surface area (Å²) in [4.78, 5) is 10.6. The van der Waals surface area contributed by atoms with E-state index < -0.39 is 5.97 Å². The zero-order valence-electron chi connectivity index (χ0n) is 14.2. The molecule has 0 amide bonds. The van der Waals surface area contributed by atoms with E-state index in [4.69, 9.17) is 9.84 Å². The first kappa shape index (κ1) is 20.6. The van der Waals surface area contributed by atoms with Crippen LogP contribution in [0.2, 0.25) is 0 Å². The lowest BCUT2D eigenvalue weighted by Crippen LogP contribution is -2.12. The maximum absolute atomic E-state index is 10.6. The first-order valence-corrected chi connectivity index (χ1v) is 8.43. The maximum atomic E-state index is 10.6. The van der Waals surface area contributed by atoms with E-state index in [-0.39, 0.29) is 12.5 Å². The lowest BCUT2D eigenvalue weighted by molar-refractivity contribution is -0.138. The molecule has 0 unspecified atom stereocenters. The number of methoxy groups -OCH3 is 1. The van der Waals surface area contributed by atoms with E-state index in [9.17, 15) is 4.79 Å². The van der Waals surface area contributed by atoms with E-state index in [1.807, 2.05) is 12.2 Å². The normalized spacial score (nSPS) is 13.5. The molecule has 0 saturated heterocycles. The SMILES string of the molecule is CCC=CCCCCCCCC=C/C=C/[C@@H](CC(=O)O)OC. The molecule has 0 aliphatic rings. The third kappa shape index (κ3) is 15.0. The Kier molecular flexibility index (Phi) is 15.0. The molecule has 0 bridgehead atoms. The zero-order chi connectivity index (χ0) is 16.5. The minimum absolute atomic E-state index is 0.00822. The summed E-state index contributed by atoms with van der Waals surface area (Å²) in [5.41, 5.74) is 0. The zero-order valence-corrected chi connectivity index (χ0v) is 14.2. The molecule has 0 rings (SSSR count). The third-order valence-corrected chi connectivity index (χ3v) is 3.40. The Morgan fingerprint density at radius 3 is 2.23 bits per heavy atom. The maximum Gasteiger partial charge on any atom is 0.306 e. The molecule has 0 spiro atoms. The number of ether oxygens (including phenoxy) is 1. The van der Waals surface area contributed by atoms with Crippen LogP contribution >= 0.6 is 0 Å². The van der Waals surface area contributed by atoms with Crippen LogP contribution in [0, 0.1) is 0 Å². The van der Waals surface area contributed by atoms with Crippen LogP contribution in [0.25, 0.3) is 0 Å². The predicted octanol–water partition coefficient (Wildman–Crippen LogP) is 5.29. The van der Waals surface area contributed by atoms with Gasteiger partial charge in [0.15, 0.2) is 0 Å². The molecule has 0 aliphatic heterocycles. The summed E-state index contributed by atoms with van der Waals surface area (Å²) in [6, 6.07) is 0. The van der Waals surface area contributed by atoms with Gasteiger partial charge >= 0.3 is 5.97 Å². The lowest BCUT2D eigenvalue weighted by atomic mass is 10.1. The number of hydrogen-bond acceptors (Lipinski definition) is 2. The van der Waals surface area contributed by atoms with Crippen LogP contribution in [0.15, 0.2) is 36.5 Å². The van der Waals surface area contributed by atoms with Gasteiger partial charge in [-0.05, 0) is 32.1 Å². The molecule has 126 valence electrons. The molecule has 0 aliphatic carbocycles. The number of hydrogen-bond donors (Lipinski definition) is 1. The summed E-state index contributed by atoms with van der Waals surface area (Å²) >= 11 is 0. The van der Waals surface area contributed by atoms with Crippen molar-refractivity contribution in [2.24, 2.45) is 0 Å². The molecule has 0 aromatic rings. The first-order valence-electron chi connectivity index (χ1n) is 8.43. The number of allylic oxidation sites excluding steroid dienone is 5. The summed E-state index contributed by atoms with van der Waals surface area (Å²) in [5.74, 6) is -0.842. The summed E-state index contributed by atoms with van der Waals surface area (Å²) in [5, 5.41) is 8.68. The molecular formula is C19H32O3. The quantitative estimate of drug-likeness (QED) is 0.269. The van der Waals surface area contributed by atoms with Crippen LogP contribution < -0.4 is 0 Å². The molecular weight excluding hydrogens is 276 g/mol. The Balaban J connectivity index is 3.50. The minimum Gasteiger partial charge on any atom is -0.481 e. The van der Waals surface area contributed by atoms with Crippen molar-refractivity contribution in [2.75, 3.05) is 7.11 Å². The van der Waals surface area contributed by atoms with Gasteiger partial charge in [-0.3, -0.25) is 4.79 Å². The monoisotopic (exact) mass is 308 g/mol.